The first kappa shape index (κ1) is 24.1. The van der Waals surface area contributed by atoms with Gasteiger partial charge in [0.05, 0.1) is 23.8 Å². The highest BCUT2D eigenvalue weighted by Gasteiger charge is 2.36. The summed E-state index contributed by atoms with van der Waals surface area (Å²) in [7, 11) is 1.57. The van der Waals surface area contributed by atoms with E-state index in [0.717, 1.165) is 16.9 Å². The fourth-order valence-electron chi connectivity index (χ4n) is 4.95. The highest BCUT2D eigenvalue weighted by Crippen LogP contribution is 2.38. The first-order valence-corrected chi connectivity index (χ1v) is 12.0. The number of carbonyl (C=O) groups excluding carboxylic acids is 2. The largest absolute Gasteiger partial charge is 0.495 e. The molecule has 0 saturated carbocycles. The van der Waals surface area contributed by atoms with Gasteiger partial charge in [-0.1, -0.05) is 23.7 Å². The molecular weight excluding hydrogens is 452 g/mol. The molecule has 180 valence electrons. The number of anilines is 1. The Labute approximate surface area is 205 Å². The first-order chi connectivity index (χ1) is 16.2. The molecule has 0 N–H and O–H groups in total. The van der Waals surface area contributed by atoms with E-state index in [-0.39, 0.29) is 36.4 Å². The molecule has 2 heterocycles. The van der Waals surface area contributed by atoms with E-state index in [0.29, 0.717) is 29.4 Å². The van der Waals surface area contributed by atoms with E-state index < -0.39 is 0 Å². The van der Waals surface area contributed by atoms with Crippen molar-refractivity contribution >= 4 is 40.1 Å². The second-order valence-corrected chi connectivity index (χ2v) is 9.69. The van der Waals surface area contributed by atoms with E-state index in [9.17, 15) is 9.59 Å². The van der Waals surface area contributed by atoms with Crippen LogP contribution < -0.4 is 9.64 Å². The third-order valence-electron chi connectivity index (χ3n) is 6.30. The number of imidazole rings is 1. The van der Waals surface area contributed by atoms with Gasteiger partial charge in [-0.25, -0.2) is 4.98 Å². The van der Waals surface area contributed by atoms with Gasteiger partial charge in [0.25, 0.3) is 0 Å². The van der Waals surface area contributed by atoms with Gasteiger partial charge in [0, 0.05) is 36.0 Å². The van der Waals surface area contributed by atoms with Crippen molar-refractivity contribution in [2.24, 2.45) is 0 Å². The van der Waals surface area contributed by atoms with Gasteiger partial charge in [-0.05, 0) is 58.0 Å². The van der Waals surface area contributed by atoms with Gasteiger partial charge in [-0.15, -0.1) is 0 Å². The number of aromatic nitrogens is 2. The van der Waals surface area contributed by atoms with Gasteiger partial charge in [-0.3, -0.25) is 9.59 Å². The molecule has 3 aromatic rings. The third-order valence-corrected chi connectivity index (χ3v) is 6.54. The summed E-state index contributed by atoms with van der Waals surface area (Å²) in [6.45, 7) is 8.71. The van der Waals surface area contributed by atoms with Gasteiger partial charge < -0.3 is 19.1 Å². The average Bonchev–Trinajstić information content (AvgIpc) is 3.33. The van der Waals surface area contributed by atoms with Crippen molar-refractivity contribution < 1.29 is 14.3 Å². The number of carbonyl (C=O) groups is 2. The van der Waals surface area contributed by atoms with E-state index in [1.54, 1.807) is 30.2 Å². The maximum atomic E-state index is 13.3. The Morgan fingerprint density at radius 1 is 1.18 bits per heavy atom. The predicted octanol–water partition coefficient (Wildman–Crippen LogP) is 4.86. The van der Waals surface area contributed by atoms with E-state index in [1.807, 2.05) is 61.4 Å². The Hall–Kier alpha value is -3.06. The molecule has 0 aliphatic carbocycles. The molecule has 34 heavy (non-hydrogen) atoms. The minimum Gasteiger partial charge on any atom is -0.495 e. The van der Waals surface area contributed by atoms with E-state index >= 15 is 0 Å². The zero-order valence-electron chi connectivity index (χ0n) is 20.3. The summed E-state index contributed by atoms with van der Waals surface area (Å²) in [4.78, 5) is 34.9. The van der Waals surface area contributed by atoms with Crippen LogP contribution in [0.4, 0.5) is 5.69 Å². The molecule has 1 atom stereocenters. The lowest BCUT2D eigenvalue weighted by molar-refractivity contribution is -0.135. The predicted molar refractivity (Wildman–Crippen MR) is 135 cm³/mol. The van der Waals surface area contributed by atoms with Gasteiger partial charge in [0.2, 0.25) is 11.8 Å². The van der Waals surface area contributed by atoms with Crippen LogP contribution >= 0.6 is 11.6 Å². The fraction of sp³-hybridized carbons (Fsp3) is 0.423. The van der Waals surface area contributed by atoms with Crippen molar-refractivity contribution in [1.82, 2.24) is 14.5 Å². The SMILES string of the molecule is COc1ccc(Cl)cc1N1C[C@@H](c2nc3ccccc3n2CC(=O)N(C(C)C)C(C)C)CC1=O. The molecule has 7 nitrogen and oxygen atoms in total. The number of fused-ring (bicyclic) bond motifs is 1. The molecule has 1 saturated heterocycles. The number of nitrogens with zero attached hydrogens (tertiary/aromatic N) is 4. The summed E-state index contributed by atoms with van der Waals surface area (Å²) in [6.07, 6.45) is 0.297. The van der Waals surface area contributed by atoms with Gasteiger partial charge in [-0.2, -0.15) is 0 Å². The van der Waals surface area contributed by atoms with Gasteiger partial charge in [0.15, 0.2) is 0 Å². The van der Waals surface area contributed by atoms with Crippen LogP contribution in [0.3, 0.4) is 0 Å². The van der Waals surface area contributed by atoms with E-state index in [2.05, 4.69) is 0 Å². The molecule has 0 unspecified atom stereocenters. The number of ether oxygens (including phenoxy) is 1. The monoisotopic (exact) mass is 482 g/mol. The summed E-state index contributed by atoms with van der Waals surface area (Å²) >= 11 is 6.22. The maximum absolute atomic E-state index is 13.3. The lowest BCUT2D eigenvalue weighted by Gasteiger charge is -2.31. The normalized spacial score (nSPS) is 16.2. The van der Waals surface area contributed by atoms with Crippen LogP contribution in [-0.2, 0) is 16.1 Å². The highest BCUT2D eigenvalue weighted by atomic mass is 35.5. The second-order valence-electron chi connectivity index (χ2n) is 9.25. The minimum atomic E-state index is -0.164. The molecular formula is C26H31ClN4O3. The number of halogens is 1. The van der Waals surface area contributed by atoms with Crippen LogP contribution in [0.25, 0.3) is 11.0 Å². The molecule has 2 amide bonds. The Morgan fingerprint density at radius 2 is 1.88 bits per heavy atom. The lowest BCUT2D eigenvalue weighted by Crippen LogP contribution is -2.44. The number of rotatable bonds is 7. The van der Waals surface area contributed by atoms with Crippen molar-refractivity contribution in [2.45, 2.75) is 58.7 Å². The molecule has 1 aliphatic heterocycles. The van der Waals surface area contributed by atoms with Crippen LogP contribution in [0, 0.1) is 0 Å². The summed E-state index contributed by atoms with van der Waals surface area (Å²) in [5.41, 5.74) is 2.36. The molecule has 8 heteroatoms. The zero-order valence-corrected chi connectivity index (χ0v) is 21.0. The fourth-order valence-corrected chi connectivity index (χ4v) is 5.11. The molecule has 4 rings (SSSR count). The lowest BCUT2D eigenvalue weighted by atomic mass is 10.1. The Morgan fingerprint density at radius 3 is 2.56 bits per heavy atom. The Bertz CT molecular complexity index is 1210. The van der Waals surface area contributed by atoms with Gasteiger partial charge >= 0.3 is 0 Å². The maximum Gasteiger partial charge on any atom is 0.243 e. The molecule has 0 radical (unpaired) electrons. The smallest absolute Gasteiger partial charge is 0.243 e. The van der Waals surface area contributed by atoms with Crippen LogP contribution in [-0.4, -0.2) is 52.0 Å². The Kier molecular flexibility index (Phi) is 6.84. The van der Waals surface area contributed by atoms with Crippen LogP contribution in [0.5, 0.6) is 5.75 Å². The number of para-hydroxylation sites is 2. The van der Waals surface area contributed by atoms with Crippen LogP contribution in [0.15, 0.2) is 42.5 Å². The molecule has 1 aromatic heterocycles. The van der Waals surface area contributed by atoms with Crippen molar-refractivity contribution in [3.8, 4) is 5.75 Å². The summed E-state index contributed by atoms with van der Waals surface area (Å²) in [5, 5.41) is 0.535. The van der Waals surface area contributed by atoms with Crippen molar-refractivity contribution in [2.75, 3.05) is 18.6 Å². The highest BCUT2D eigenvalue weighted by molar-refractivity contribution is 6.31. The Balaban J connectivity index is 1.71. The van der Waals surface area contributed by atoms with E-state index in [4.69, 9.17) is 21.3 Å². The van der Waals surface area contributed by atoms with Crippen molar-refractivity contribution in [3.63, 3.8) is 0 Å². The number of hydrogen-bond acceptors (Lipinski definition) is 4. The molecule has 1 fully saturated rings. The number of benzene rings is 2. The quantitative estimate of drug-likeness (QED) is 0.482. The van der Waals surface area contributed by atoms with Crippen molar-refractivity contribution in [1.29, 1.82) is 0 Å². The van der Waals surface area contributed by atoms with Gasteiger partial charge in [0.1, 0.15) is 18.1 Å². The van der Waals surface area contributed by atoms with E-state index in [1.165, 1.54) is 0 Å². The summed E-state index contributed by atoms with van der Waals surface area (Å²) < 4.78 is 7.45. The van der Waals surface area contributed by atoms with Crippen molar-refractivity contribution in [3.05, 3.63) is 53.3 Å². The summed E-state index contributed by atoms with van der Waals surface area (Å²) in [6, 6.07) is 13.2. The molecule has 2 aromatic carbocycles. The standard InChI is InChI=1S/C26H31ClN4O3/c1-16(2)31(17(3)4)25(33)15-30-21-9-7-6-8-20(21)28-26(30)18-12-24(32)29(14-18)22-13-19(27)10-11-23(22)34-5/h6-11,13,16-18H,12,14-15H2,1-5H3/t18-/m0/s1. The average molecular weight is 483 g/mol. The molecule has 0 spiro atoms. The molecule has 1 aliphatic rings. The first-order valence-electron chi connectivity index (χ1n) is 11.6. The number of hydrogen-bond donors (Lipinski definition) is 0. The topological polar surface area (TPSA) is 67.7 Å². The second kappa shape index (κ2) is 9.66. The molecule has 0 bridgehead atoms. The minimum absolute atomic E-state index is 0.0264. The van der Waals surface area contributed by atoms with Crippen LogP contribution in [0.1, 0.15) is 45.9 Å². The van der Waals surface area contributed by atoms with Crippen LogP contribution in [0.2, 0.25) is 5.02 Å². The number of amides is 2. The zero-order chi connectivity index (χ0) is 24.6. The summed E-state index contributed by atoms with van der Waals surface area (Å²) in [5.74, 6) is 1.18. The third kappa shape index (κ3) is 4.49. The number of methoxy groups -OCH3 is 1.